The second-order valence-electron chi connectivity index (χ2n) is 2.89. The minimum atomic E-state index is -3.87. The molecule has 5 nitrogen and oxygen atoms in total. The molecule has 0 bridgehead atoms. The van der Waals surface area contributed by atoms with Gasteiger partial charge in [0.1, 0.15) is 0 Å². The van der Waals surface area contributed by atoms with Crippen LogP contribution in [0.25, 0.3) is 10.4 Å². The molecule has 0 aliphatic rings. The van der Waals surface area contributed by atoms with Gasteiger partial charge in [0, 0.05) is 14.7 Å². The molecule has 7 heteroatoms. The van der Waals surface area contributed by atoms with E-state index in [1.54, 1.807) is 12.1 Å². The van der Waals surface area contributed by atoms with E-state index in [9.17, 15) is 8.42 Å². The lowest BCUT2D eigenvalue weighted by Crippen LogP contribution is -1.95. The van der Waals surface area contributed by atoms with E-state index in [1.807, 2.05) is 6.92 Å². The summed E-state index contributed by atoms with van der Waals surface area (Å²) < 4.78 is 25.3. The highest BCUT2D eigenvalue weighted by atomic mass is 32.2. The molecule has 0 aliphatic heterocycles. The summed E-state index contributed by atoms with van der Waals surface area (Å²) in [7, 11) is -3.87. The van der Waals surface area contributed by atoms with Crippen LogP contribution >= 0.6 is 12.6 Å². The third-order valence-electron chi connectivity index (χ3n) is 1.80. The summed E-state index contributed by atoms with van der Waals surface area (Å²) >= 11 is 4.20. The van der Waals surface area contributed by atoms with Crippen molar-refractivity contribution in [2.75, 3.05) is 0 Å². The molecule has 0 aromatic heterocycles. The topological polar surface area (TPSA) is 82.9 Å². The lowest BCUT2D eigenvalue weighted by molar-refractivity contribution is 0.597. The van der Waals surface area contributed by atoms with Gasteiger partial charge in [-0.2, -0.15) is 12.6 Å². The lowest BCUT2D eigenvalue weighted by Gasteiger charge is -2.04. The van der Waals surface area contributed by atoms with Crippen molar-refractivity contribution >= 4 is 22.7 Å². The van der Waals surface area contributed by atoms with Crippen LogP contribution in [-0.2, 0) is 10.0 Å². The van der Waals surface area contributed by atoms with Gasteiger partial charge in [-0.05, 0) is 30.2 Å². The normalized spacial score (nSPS) is 12.9. The first-order valence-electron chi connectivity index (χ1n) is 4.07. The minimum Gasteiger partial charge on any atom is -0.216 e. The fraction of sp³-hybridized carbons (Fsp3) is 0.250. The summed E-state index contributed by atoms with van der Waals surface area (Å²) in [4.78, 5) is 2.25. The summed E-state index contributed by atoms with van der Waals surface area (Å²) in [6.07, 6.45) is 0. The molecule has 15 heavy (non-hydrogen) atoms. The fourth-order valence-electron chi connectivity index (χ4n) is 1.01. The van der Waals surface area contributed by atoms with Crippen molar-refractivity contribution in [1.29, 1.82) is 0 Å². The van der Waals surface area contributed by atoms with Crippen molar-refractivity contribution in [1.82, 2.24) is 0 Å². The van der Waals surface area contributed by atoms with Gasteiger partial charge in [-0.1, -0.05) is 12.1 Å². The van der Waals surface area contributed by atoms with Crippen molar-refractivity contribution in [2.24, 2.45) is 4.52 Å². The number of rotatable bonds is 3. The lowest BCUT2D eigenvalue weighted by atomic mass is 10.2. The maximum atomic E-state index is 11.3. The predicted octanol–water partition coefficient (Wildman–Crippen LogP) is 2.68. The number of thiol groups is 1. The van der Waals surface area contributed by atoms with E-state index >= 15 is 0 Å². The molecule has 0 N–H and O–H groups in total. The Hall–Kier alpha value is -1.17. The molecule has 0 heterocycles. The molecular weight excluding hydrogens is 234 g/mol. The third-order valence-corrected chi connectivity index (χ3v) is 3.26. The molecule has 0 amide bonds. The van der Waals surface area contributed by atoms with E-state index in [0.717, 1.165) is 5.56 Å². The first kappa shape index (κ1) is 11.9. The van der Waals surface area contributed by atoms with E-state index in [4.69, 9.17) is 5.53 Å². The molecule has 0 saturated heterocycles. The zero-order valence-electron chi connectivity index (χ0n) is 7.90. The molecule has 0 spiro atoms. The zero-order valence-corrected chi connectivity index (χ0v) is 9.61. The Morgan fingerprint density at radius 1 is 1.40 bits per heavy atom. The second kappa shape index (κ2) is 4.57. The number of hydrogen-bond donors (Lipinski definition) is 1. The van der Waals surface area contributed by atoms with Crippen LogP contribution in [0, 0.1) is 0 Å². The number of benzene rings is 1. The van der Waals surface area contributed by atoms with Crippen LogP contribution in [-0.4, -0.2) is 8.42 Å². The van der Waals surface area contributed by atoms with Crippen molar-refractivity contribution in [2.45, 2.75) is 17.1 Å². The summed E-state index contributed by atoms with van der Waals surface area (Å²) in [5.74, 6) is 0. The van der Waals surface area contributed by atoms with Crippen LogP contribution in [0.3, 0.4) is 0 Å². The first-order valence-corrected chi connectivity index (χ1v) is 6.02. The maximum Gasteiger partial charge on any atom is 0.264 e. The molecule has 80 valence electrons. The van der Waals surface area contributed by atoms with Gasteiger partial charge in [0.2, 0.25) is 0 Å². The Morgan fingerprint density at radius 2 is 1.93 bits per heavy atom. The van der Waals surface area contributed by atoms with Crippen LogP contribution in [0.2, 0.25) is 0 Å². The van der Waals surface area contributed by atoms with Crippen LogP contribution in [0.15, 0.2) is 33.7 Å². The monoisotopic (exact) mass is 243 g/mol. The van der Waals surface area contributed by atoms with Crippen molar-refractivity contribution in [3.05, 3.63) is 40.3 Å². The fourth-order valence-corrected chi connectivity index (χ4v) is 1.86. The van der Waals surface area contributed by atoms with Crippen LogP contribution in [0.1, 0.15) is 17.7 Å². The van der Waals surface area contributed by atoms with E-state index in [1.165, 1.54) is 12.1 Å². The Balaban J connectivity index is 3.15. The van der Waals surface area contributed by atoms with Gasteiger partial charge in [-0.15, -0.1) is 0 Å². The smallest absolute Gasteiger partial charge is 0.216 e. The number of hydrogen-bond acceptors (Lipinski definition) is 3. The highest BCUT2D eigenvalue weighted by Crippen LogP contribution is 2.21. The molecule has 0 aliphatic carbocycles. The minimum absolute atomic E-state index is 0.0157. The largest absolute Gasteiger partial charge is 0.264 e. The van der Waals surface area contributed by atoms with Gasteiger partial charge in [0.15, 0.2) is 0 Å². The average Bonchev–Trinajstić information content (AvgIpc) is 2.18. The van der Waals surface area contributed by atoms with Crippen molar-refractivity contribution < 1.29 is 8.42 Å². The molecular formula is C8H9N3O2S2. The quantitative estimate of drug-likeness (QED) is 0.383. The molecule has 1 rings (SSSR count). The maximum absolute atomic E-state index is 11.3. The van der Waals surface area contributed by atoms with Gasteiger partial charge >= 0.3 is 0 Å². The molecule has 0 radical (unpaired) electrons. The van der Waals surface area contributed by atoms with Gasteiger partial charge in [0.05, 0.1) is 4.90 Å². The number of azide groups is 1. The summed E-state index contributed by atoms with van der Waals surface area (Å²) in [6.45, 7) is 1.88. The Bertz CT molecular complexity index is 487. The summed E-state index contributed by atoms with van der Waals surface area (Å²) in [5, 5.41) is 0.0289. The SMILES string of the molecule is CC(S)c1ccc(S(=O)(=O)N=[N+]=[N-])cc1. The highest BCUT2D eigenvalue weighted by Gasteiger charge is 2.11. The van der Waals surface area contributed by atoms with Crippen molar-refractivity contribution in [3.63, 3.8) is 0 Å². The van der Waals surface area contributed by atoms with Crippen LogP contribution in [0.5, 0.6) is 0 Å². The Morgan fingerprint density at radius 3 is 2.33 bits per heavy atom. The number of nitrogens with zero attached hydrogens (tertiary/aromatic N) is 3. The summed E-state index contributed by atoms with van der Waals surface area (Å²) in [5.41, 5.74) is 8.97. The highest BCUT2D eigenvalue weighted by molar-refractivity contribution is 7.90. The summed E-state index contributed by atoms with van der Waals surface area (Å²) in [6, 6.07) is 6.06. The second-order valence-corrected chi connectivity index (χ2v) is 5.25. The van der Waals surface area contributed by atoms with Gasteiger partial charge in [-0.25, -0.2) is 8.42 Å². The third kappa shape index (κ3) is 2.89. The van der Waals surface area contributed by atoms with Gasteiger partial charge < -0.3 is 0 Å². The van der Waals surface area contributed by atoms with E-state index in [-0.39, 0.29) is 10.1 Å². The predicted molar refractivity (Wildman–Crippen MR) is 60.2 cm³/mol. The van der Waals surface area contributed by atoms with E-state index in [0.29, 0.717) is 0 Å². The average molecular weight is 243 g/mol. The molecule has 0 fully saturated rings. The zero-order chi connectivity index (χ0) is 11.5. The van der Waals surface area contributed by atoms with Gasteiger partial charge in [0.25, 0.3) is 10.0 Å². The molecule has 1 aromatic rings. The molecule has 1 atom stereocenters. The Kier molecular flexibility index (Phi) is 3.62. The Labute approximate surface area is 93.2 Å². The van der Waals surface area contributed by atoms with Crippen LogP contribution < -0.4 is 0 Å². The molecule has 0 saturated carbocycles. The van der Waals surface area contributed by atoms with Crippen molar-refractivity contribution in [3.8, 4) is 0 Å². The van der Waals surface area contributed by atoms with Gasteiger partial charge in [-0.3, -0.25) is 0 Å². The first-order chi connectivity index (χ1) is 6.97. The van der Waals surface area contributed by atoms with Crippen LogP contribution in [0.4, 0.5) is 0 Å². The molecule has 1 aromatic carbocycles. The number of sulfonamides is 1. The van der Waals surface area contributed by atoms with E-state index in [2.05, 4.69) is 22.1 Å². The standard InChI is InChI=1S/C8H9N3O2S2/c1-6(14)7-2-4-8(5-3-7)15(12,13)11-10-9/h2-6,14H,1H3. The molecule has 1 unspecified atom stereocenters. The van der Waals surface area contributed by atoms with E-state index < -0.39 is 10.0 Å².